The molecule has 2 amide bonds. The molecule has 11 heteroatoms. The van der Waals surface area contributed by atoms with Gasteiger partial charge in [-0.1, -0.05) is 78.1 Å². The normalized spacial score (nSPS) is 12.8. The second-order valence-electron chi connectivity index (χ2n) is 10.2. The van der Waals surface area contributed by atoms with Gasteiger partial charge in [-0.25, -0.2) is 8.42 Å². The minimum absolute atomic E-state index is 0.00667. The molecule has 0 bridgehead atoms. The lowest BCUT2D eigenvalue weighted by Crippen LogP contribution is -2.52. The molecule has 0 unspecified atom stereocenters. The van der Waals surface area contributed by atoms with E-state index in [9.17, 15) is 18.0 Å². The Labute approximate surface area is 263 Å². The Kier molecular flexibility index (Phi) is 12.5. The first-order chi connectivity index (χ1) is 19.9. The van der Waals surface area contributed by atoms with Gasteiger partial charge in [-0.05, 0) is 67.3 Å². The molecule has 7 nitrogen and oxygen atoms in total. The van der Waals surface area contributed by atoms with Crippen LogP contribution in [0, 0.1) is 0 Å². The zero-order chi connectivity index (χ0) is 30.9. The van der Waals surface area contributed by atoms with Gasteiger partial charge in [0.25, 0.3) is 0 Å². The number of rotatable bonds is 14. The highest BCUT2D eigenvalue weighted by Gasteiger charge is 2.31. The summed E-state index contributed by atoms with van der Waals surface area (Å²) in [4.78, 5) is 29.1. The van der Waals surface area contributed by atoms with Crippen LogP contribution >= 0.6 is 34.8 Å². The van der Waals surface area contributed by atoms with Crippen molar-refractivity contribution in [3.8, 4) is 0 Å². The molecule has 0 spiro atoms. The van der Waals surface area contributed by atoms with Crippen molar-refractivity contribution < 1.29 is 18.0 Å². The molecule has 3 aromatic rings. The van der Waals surface area contributed by atoms with Crippen LogP contribution in [0.3, 0.4) is 0 Å². The maximum absolute atomic E-state index is 13.9. The first-order valence-corrected chi connectivity index (χ1v) is 16.7. The third kappa shape index (κ3) is 9.90. The van der Waals surface area contributed by atoms with Gasteiger partial charge in [0.1, 0.15) is 6.04 Å². The molecule has 226 valence electrons. The van der Waals surface area contributed by atoms with Crippen molar-refractivity contribution in [3.63, 3.8) is 0 Å². The summed E-state index contributed by atoms with van der Waals surface area (Å²) in [6, 6.07) is 20.1. The van der Waals surface area contributed by atoms with E-state index in [1.165, 1.54) is 9.21 Å². The molecule has 0 saturated heterocycles. The van der Waals surface area contributed by atoms with Crippen LogP contribution < -0.4 is 9.62 Å². The van der Waals surface area contributed by atoms with E-state index in [0.717, 1.165) is 18.2 Å². The number of hydrogen-bond donors (Lipinski definition) is 1. The molecule has 42 heavy (non-hydrogen) atoms. The average molecular weight is 653 g/mol. The molecule has 0 saturated carbocycles. The van der Waals surface area contributed by atoms with Crippen molar-refractivity contribution in [2.45, 2.75) is 58.2 Å². The lowest BCUT2D eigenvalue weighted by Gasteiger charge is -2.33. The van der Waals surface area contributed by atoms with E-state index in [1.54, 1.807) is 42.5 Å². The van der Waals surface area contributed by atoms with E-state index in [4.69, 9.17) is 34.8 Å². The summed E-state index contributed by atoms with van der Waals surface area (Å²) in [6.45, 7) is 4.04. The van der Waals surface area contributed by atoms with Crippen LogP contribution in [0.15, 0.2) is 72.8 Å². The molecule has 0 radical (unpaired) electrons. The lowest BCUT2D eigenvalue weighted by atomic mass is 10.0. The van der Waals surface area contributed by atoms with Crippen molar-refractivity contribution in [2.24, 2.45) is 0 Å². The average Bonchev–Trinajstić information content (AvgIpc) is 2.94. The molecular weight excluding hydrogens is 617 g/mol. The van der Waals surface area contributed by atoms with Gasteiger partial charge in [0.05, 0.1) is 11.9 Å². The summed E-state index contributed by atoms with van der Waals surface area (Å²) < 4.78 is 26.4. The van der Waals surface area contributed by atoms with E-state index in [2.05, 4.69) is 5.32 Å². The number of nitrogens with one attached hydrogen (secondary N) is 1. The van der Waals surface area contributed by atoms with E-state index in [-0.39, 0.29) is 43.8 Å². The van der Waals surface area contributed by atoms with Crippen molar-refractivity contribution in [1.82, 2.24) is 10.2 Å². The Morgan fingerprint density at radius 3 is 2.17 bits per heavy atom. The molecule has 0 aliphatic heterocycles. The number of anilines is 1. The lowest BCUT2D eigenvalue weighted by molar-refractivity contribution is -0.141. The molecule has 3 aromatic carbocycles. The SMILES string of the molecule is CC[C@@H](C)NC(=O)[C@@H](Cc1ccccc1)N(Cc1ccc(Cl)cc1Cl)C(=O)CCCN(c1ccc(Cl)cc1)S(C)(=O)=O. The fraction of sp³-hybridized carbons (Fsp3) is 0.355. The second kappa shape index (κ2) is 15.6. The van der Waals surface area contributed by atoms with Gasteiger partial charge in [-0.2, -0.15) is 0 Å². The smallest absolute Gasteiger partial charge is 0.243 e. The molecular formula is C31H36Cl3N3O4S. The summed E-state index contributed by atoms with van der Waals surface area (Å²) in [5, 5.41) is 4.35. The molecule has 0 aliphatic carbocycles. The van der Waals surface area contributed by atoms with Gasteiger partial charge in [0.15, 0.2) is 0 Å². The van der Waals surface area contributed by atoms with Crippen LogP contribution in [-0.4, -0.2) is 50.0 Å². The van der Waals surface area contributed by atoms with Gasteiger partial charge in [0, 0.05) is 47.0 Å². The van der Waals surface area contributed by atoms with E-state index in [1.807, 2.05) is 44.2 Å². The van der Waals surface area contributed by atoms with Gasteiger partial charge in [-0.15, -0.1) is 0 Å². The summed E-state index contributed by atoms with van der Waals surface area (Å²) in [5.74, 6) is -0.573. The van der Waals surface area contributed by atoms with Crippen LogP contribution in [0.4, 0.5) is 5.69 Å². The minimum Gasteiger partial charge on any atom is -0.352 e. The Hall–Kier alpha value is -2.78. The van der Waals surface area contributed by atoms with Crippen LogP contribution in [0.25, 0.3) is 0 Å². The Morgan fingerprint density at radius 2 is 1.57 bits per heavy atom. The number of halogens is 3. The summed E-state index contributed by atoms with van der Waals surface area (Å²) in [5.41, 5.74) is 1.99. The molecule has 2 atom stereocenters. The predicted octanol–water partition coefficient (Wildman–Crippen LogP) is 6.75. The predicted molar refractivity (Wildman–Crippen MR) is 172 cm³/mol. The van der Waals surface area contributed by atoms with Crippen molar-refractivity contribution in [1.29, 1.82) is 0 Å². The highest BCUT2D eigenvalue weighted by Crippen LogP contribution is 2.25. The summed E-state index contributed by atoms with van der Waals surface area (Å²) in [7, 11) is -3.62. The second-order valence-corrected chi connectivity index (χ2v) is 13.4. The zero-order valence-corrected chi connectivity index (χ0v) is 27.0. The quantitative estimate of drug-likeness (QED) is 0.209. The third-order valence-electron chi connectivity index (χ3n) is 6.89. The Balaban J connectivity index is 1.91. The van der Waals surface area contributed by atoms with Gasteiger partial charge < -0.3 is 10.2 Å². The fourth-order valence-corrected chi connectivity index (χ4v) is 6.00. The third-order valence-corrected chi connectivity index (χ3v) is 8.93. The van der Waals surface area contributed by atoms with Crippen molar-refractivity contribution in [2.75, 3.05) is 17.1 Å². The van der Waals surface area contributed by atoms with E-state index >= 15 is 0 Å². The Bertz CT molecular complexity index is 1450. The van der Waals surface area contributed by atoms with Crippen LogP contribution in [0.2, 0.25) is 15.1 Å². The summed E-state index contributed by atoms with van der Waals surface area (Å²) >= 11 is 18.6. The number of carbonyl (C=O) groups is 2. The topological polar surface area (TPSA) is 86.8 Å². The van der Waals surface area contributed by atoms with Gasteiger partial charge >= 0.3 is 0 Å². The van der Waals surface area contributed by atoms with Crippen molar-refractivity contribution in [3.05, 3.63) is 99.0 Å². The largest absolute Gasteiger partial charge is 0.352 e. The van der Waals surface area contributed by atoms with Crippen LogP contribution in [-0.2, 0) is 32.6 Å². The number of benzene rings is 3. The molecule has 0 heterocycles. The summed E-state index contributed by atoms with van der Waals surface area (Å²) in [6.07, 6.45) is 2.37. The number of nitrogens with zero attached hydrogens (tertiary/aromatic N) is 2. The first-order valence-electron chi connectivity index (χ1n) is 13.7. The van der Waals surface area contributed by atoms with E-state index in [0.29, 0.717) is 32.7 Å². The molecule has 0 fully saturated rings. The molecule has 3 rings (SSSR count). The fourth-order valence-electron chi connectivity index (χ4n) is 4.44. The standard InChI is InChI=1S/C31H36Cl3N3O4S/c1-4-22(2)35-31(39)29(19-23-9-6-5-7-10-23)36(21-24-12-13-26(33)20-28(24)34)30(38)11-8-18-37(42(3,40)41)27-16-14-25(32)15-17-27/h5-7,9-10,12-17,20,22,29H,4,8,11,18-19,21H2,1-3H3,(H,35,39)/t22-,29-/m1/s1. The van der Waals surface area contributed by atoms with Crippen molar-refractivity contribution >= 4 is 62.3 Å². The molecule has 0 aliphatic rings. The number of sulfonamides is 1. The molecule has 1 N–H and O–H groups in total. The number of carbonyl (C=O) groups excluding carboxylic acids is 2. The highest BCUT2D eigenvalue weighted by molar-refractivity contribution is 7.92. The Morgan fingerprint density at radius 1 is 0.929 bits per heavy atom. The van der Waals surface area contributed by atoms with Gasteiger partial charge in [0.2, 0.25) is 21.8 Å². The maximum Gasteiger partial charge on any atom is 0.243 e. The maximum atomic E-state index is 13.9. The first kappa shape index (κ1) is 33.7. The van der Waals surface area contributed by atoms with Gasteiger partial charge in [-0.3, -0.25) is 13.9 Å². The van der Waals surface area contributed by atoms with Crippen LogP contribution in [0.1, 0.15) is 44.2 Å². The molecule has 0 aromatic heterocycles. The monoisotopic (exact) mass is 651 g/mol. The highest BCUT2D eigenvalue weighted by atomic mass is 35.5. The number of hydrogen-bond acceptors (Lipinski definition) is 4. The van der Waals surface area contributed by atoms with E-state index < -0.39 is 16.1 Å². The number of amides is 2. The minimum atomic E-state index is -3.62. The zero-order valence-electron chi connectivity index (χ0n) is 23.9. The van der Waals surface area contributed by atoms with Crippen LogP contribution in [0.5, 0.6) is 0 Å².